The van der Waals surface area contributed by atoms with Crippen LogP contribution in [0.3, 0.4) is 0 Å². The maximum Gasteiger partial charge on any atom is 0.280 e. The van der Waals surface area contributed by atoms with E-state index in [9.17, 15) is 8.42 Å². The minimum absolute atomic E-state index is 0.123. The van der Waals surface area contributed by atoms with Crippen molar-refractivity contribution in [2.24, 2.45) is 0 Å². The normalized spacial score (nSPS) is 19.8. The first-order valence-corrected chi connectivity index (χ1v) is 8.72. The van der Waals surface area contributed by atoms with Crippen LogP contribution in [0.1, 0.15) is 37.4 Å². The molecule has 0 saturated carbocycles. The van der Waals surface area contributed by atoms with Crippen molar-refractivity contribution in [2.45, 2.75) is 38.9 Å². The molecule has 1 N–H and O–H groups in total. The summed E-state index contributed by atoms with van der Waals surface area (Å²) in [6.07, 6.45) is 4.73. The van der Waals surface area contributed by atoms with Crippen LogP contribution in [0.25, 0.3) is 0 Å². The Morgan fingerprint density at radius 1 is 1.50 bits per heavy atom. The molecule has 1 aliphatic rings. The molecule has 3 rings (SSSR count). The van der Waals surface area contributed by atoms with Gasteiger partial charge in [0.15, 0.2) is 0 Å². The van der Waals surface area contributed by atoms with Crippen LogP contribution in [-0.4, -0.2) is 34.0 Å². The Kier molecular flexibility index (Phi) is 4.27. The number of aryl methyl sites for hydroxylation is 1. The first kappa shape index (κ1) is 15.2. The van der Waals surface area contributed by atoms with Crippen molar-refractivity contribution >= 4 is 10.2 Å². The van der Waals surface area contributed by atoms with Crippen LogP contribution in [0, 0.1) is 0 Å². The molecular formula is C13H19N5O3S. The van der Waals surface area contributed by atoms with Gasteiger partial charge in [0.2, 0.25) is 0 Å². The highest BCUT2D eigenvalue weighted by Gasteiger charge is 2.36. The third-order valence-corrected chi connectivity index (χ3v) is 5.40. The second-order valence-electron chi connectivity index (χ2n) is 5.14. The predicted molar refractivity (Wildman–Crippen MR) is 78.8 cm³/mol. The molecule has 0 radical (unpaired) electrons. The largest absolute Gasteiger partial charge is 0.468 e. The number of aromatic nitrogens is 3. The van der Waals surface area contributed by atoms with E-state index >= 15 is 0 Å². The summed E-state index contributed by atoms with van der Waals surface area (Å²) in [4.78, 5) is 0. The Labute approximate surface area is 129 Å². The van der Waals surface area contributed by atoms with E-state index in [1.54, 1.807) is 23.2 Å². The molecule has 2 aromatic rings. The van der Waals surface area contributed by atoms with E-state index in [1.807, 2.05) is 13.0 Å². The van der Waals surface area contributed by atoms with E-state index in [2.05, 4.69) is 14.9 Å². The molecule has 1 fully saturated rings. The highest BCUT2D eigenvalue weighted by atomic mass is 32.2. The molecule has 9 heteroatoms. The van der Waals surface area contributed by atoms with Gasteiger partial charge >= 0.3 is 0 Å². The van der Waals surface area contributed by atoms with Gasteiger partial charge in [-0.25, -0.2) is 0 Å². The molecular weight excluding hydrogens is 306 g/mol. The third kappa shape index (κ3) is 2.92. The lowest BCUT2D eigenvalue weighted by molar-refractivity contribution is 0.335. The lowest BCUT2D eigenvalue weighted by Crippen LogP contribution is -2.40. The summed E-state index contributed by atoms with van der Waals surface area (Å²) in [5, 5.41) is 7.73. The first-order valence-electron chi connectivity index (χ1n) is 7.28. The van der Waals surface area contributed by atoms with Gasteiger partial charge in [0.25, 0.3) is 10.2 Å². The van der Waals surface area contributed by atoms with Crippen LogP contribution in [0.5, 0.6) is 0 Å². The van der Waals surface area contributed by atoms with Gasteiger partial charge in [-0.2, -0.15) is 17.4 Å². The molecule has 0 spiro atoms. The van der Waals surface area contributed by atoms with Gasteiger partial charge in [-0.1, -0.05) is 0 Å². The van der Waals surface area contributed by atoms with E-state index in [4.69, 9.17) is 4.42 Å². The lowest BCUT2D eigenvalue weighted by atomic mass is 10.2. The van der Waals surface area contributed by atoms with Crippen molar-refractivity contribution in [3.8, 4) is 0 Å². The van der Waals surface area contributed by atoms with Gasteiger partial charge in [-0.05, 0) is 31.9 Å². The topological polar surface area (TPSA) is 93.3 Å². The average Bonchev–Trinajstić information content (AvgIpc) is 3.23. The third-order valence-electron chi connectivity index (χ3n) is 3.83. The minimum Gasteiger partial charge on any atom is -0.468 e. The van der Waals surface area contributed by atoms with Crippen molar-refractivity contribution < 1.29 is 12.8 Å². The lowest BCUT2D eigenvalue weighted by Gasteiger charge is -2.22. The fourth-order valence-corrected chi connectivity index (χ4v) is 4.10. The molecule has 8 nitrogen and oxygen atoms in total. The number of rotatable bonds is 6. The maximum atomic E-state index is 12.5. The predicted octanol–water partition coefficient (Wildman–Crippen LogP) is 1.06. The Bertz CT molecular complexity index is 710. The van der Waals surface area contributed by atoms with Gasteiger partial charge in [0.05, 0.1) is 18.8 Å². The first-order chi connectivity index (χ1) is 10.6. The number of hydrogen-bond acceptors (Lipinski definition) is 5. The van der Waals surface area contributed by atoms with E-state index in [-0.39, 0.29) is 12.6 Å². The van der Waals surface area contributed by atoms with Crippen molar-refractivity contribution in [2.75, 3.05) is 6.54 Å². The SMILES string of the molecule is CCn1cnnc1CNS(=O)(=O)N1CCC[C@@H]1c1ccco1. The van der Waals surface area contributed by atoms with Gasteiger partial charge in [0, 0.05) is 13.1 Å². The molecule has 0 bridgehead atoms. The number of nitrogens with one attached hydrogen (secondary N) is 1. The highest BCUT2D eigenvalue weighted by Crippen LogP contribution is 2.33. The smallest absolute Gasteiger partial charge is 0.280 e. The van der Waals surface area contributed by atoms with Crippen LogP contribution in [0.15, 0.2) is 29.1 Å². The van der Waals surface area contributed by atoms with Gasteiger partial charge in [-0.3, -0.25) is 0 Å². The van der Waals surface area contributed by atoms with Crippen LogP contribution in [0.4, 0.5) is 0 Å². The molecule has 2 aromatic heterocycles. The van der Waals surface area contributed by atoms with Gasteiger partial charge < -0.3 is 8.98 Å². The number of nitrogens with zero attached hydrogens (tertiary/aromatic N) is 4. The standard InChI is InChI=1S/C13H19N5O3S/c1-2-17-10-14-16-13(17)9-15-22(19,20)18-7-3-5-11(18)12-6-4-8-21-12/h4,6,8,10-11,15H,2-3,5,7,9H2,1H3/t11-/m1/s1. The molecule has 1 aliphatic heterocycles. The minimum atomic E-state index is -3.59. The zero-order valence-electron chi connectivity index (χ0n) is 12.3. The molecule has 0 aliphatic carbocycles. The summed E-state index contributed by atoms with van der Waals surface area (Å²) in [5.74, 6) is 1.28. The Morgan fingerprint density at radius 3 is 3.09 bits per heavy atom. The van der Waals surface area contributed by atoms with Crippen molar-refractivity contribution in [3.63, 3.8) is 0 Å². The van der Waals surface area contributed by atoms with Crippen molar-refractivity contribution in [1.29, 1.82) is 0 Å². The zero-order chi connectivity index (χ0) is 15.6. The van der Waals surface area contributed by atoms with Crippen LogP contribution in [0.2, 0.25) is 0 Å². The summed E-state index contributed by atoms with van der Waals surface area (Å²) in [6, 6.07) is 3.35. The zero-order valence-corrected chi connectivity index (χ0v) is 13.2. The fraction of sp³-hybridized carbons (Fsp3) is 0.538. The average molecular weight is 325 g/mol. The maximum absolute atomic E-state index is 12.5. The fourth-order valence-electron chi connectivity index (χ4n) is 2.71. The molecule has 120 valence electrons. The molecule has 0 unspecified atom stereocenters. The Hall–Kier alpha value is -1.71. The molecule has 0 amide bonds. The summed E-state index contributed by atoms with van der Waals surface area (Å²) in [5.41, 5.74) is 0. The van der Waals surface area contributed by atoms with E-state index in [0.29, 0.717) is 24.7 Å². The molecule has 1 saturated heterocycles. The van der Waals surface area contributed by atoms with E-state index in [0.717, 1.165) is 12.8 Å². The van der Waals surface area contributed by atoms with Crippen LogP contribution in [-0.2, 0) is 23.3 Å². The molecule has 3 heterocycles. The molecule has 22 heavy (non-hydrogen) atoms. The highest BCUT2D eigenvalue weighted by molar-refractivity contribution is 7.87. The second kappa shape index (κ2) is 6.19. The van der Waals surface area contributed by atoms with Crippen LogP contribution >= 0.6 is 0 Å². The molecule has 0 aromatic carbocycles. The summed E-state index contributed by atoms with van der Waals surface area (Å²) < 4.78 is 36.3. The van der Waals surface area contributed by atoms with Crippen molar-refractivity contribution in [3.05, 3.63) is 36.3 Å². The number of hydrogen-bond donors (Lipinski definition) is 1. The number of furan rings is 1. The van der Waals surface area contributed by atoms with Crippen LogP contribution < -0.4 is 4.72 Å². The van der Waals surface area contributed by atoms with Gasteiger partial charge in [-0.15, -0.1) is 10.2 Å². The van der Waals surface area contributed by atoms with Gasteiger partial charge in [0.1, 0.15) is 17.9 Å². The van der Waals surface area contributed by atoms with E-state index in [1.165, 1.54) is 4.31 Å². The summed E-state index contributed by atoms with van der Waals surface area (Å²) in [7, 11) is -3.59. The second-order valence-corrected chi connectivity index (χ2v) is 6.85. The Balaban J connectivity index is 1.72. The monoisotopic (exact) mass is 325 g/mol. The molecule has 1 atom stereocenters. The quantitative estimate of drug-likeness (QED) is 0.857. The Morgan fingerprint density at radius 2 is 2.36 bits per heavy atom. The van der Waals surface area contributed by atoms with E-state index < -0.39 is 10.2 Å². The summed E-state index contributed by atoms with van der Waals surface area (Å²) in [6.45, 7) is 3.26. The van der Waals surface area contributed by atoms with Crippen molar-refractivity contribution in [1.82, 2.24) is 23.8 Å². The summed E-state index contributed by atoms with van der Waals surface area (Å²) >= 11 is 0.